The van der Waals surface area contributed by atoms with E-state index in [0.717, 1.165) is 0 Å². The zero-order valence-corrected chi connectivity index (χ0v) is 9.45. The number of benzene rings is 1. The normalized spacial score (nSPS) is 10.2. The third-order valence-corrected chi connectivity index (χ3v) is 2.33. The molecular weight excluding hydrogens is 242 g/mol. The Kier molecular flexibility index (Phi) is 2.88. The first kappa shape index (κ1) is 11.3. The van der Waals surface area contributed by atoms with Crippen LogP contribution in [0.3, 0.4) is 0 Å². The van der Waals surface area contributed by atoms with Crippen molar-refractivity contribution in [2.75, 3.05) is 16.8 Å². The lowest BCUT2D eigenvalue weighted by Gasteiger charge is -2.08. The van der Waals surface area contributed by atoms with Gasteiger partial charge in [-0.2, -0.15) is 4.98 Å². The summed E-state index contributed by atoms with van der Waals surface area (Å²) >= 11 is 5.75. The van der Waals surface area contributed by atoms with E-state index in [2.05, 4.69) is 15.3 Å². The molecular formula is C10H10ClN5O. The second-order valence-corrected chi connectivity index (χ2v) is 3.78. The average Bonchev–Trinajstić information content (AvgIpc) is 2.28. The number of nitrogens with two attached hydrogens (primary N) is 2. The number of anilines is 4. The van der Waals surface area contributed by atoms with E-state index < -0.39 is 5.56 Å². The second-order valence-electron chi connectivity index (χ2n) is 3.35. The summed E-state index contributed by atoms with van der Waals surface area (Å²) in [5.74, 6) is 0.217. The molecule has 7 heteroatoms. The molecule has 0 radical (unpaired) electrons. The molecule has 88 valence electrons. The molecule has 17 heavy (non-hydrogen) atoms. The van der Waals surface area contributed by atoms with Crippen LogP contribution < -0.4 is 22.3 Å². The maximum Gasteiger partial charge on any atom is 0.277 e. The Morgan fingerprint density at radius 1 is 1.24 bits per heavy atom. The minimum Gasteiger partial charge on any atom is -0.391 e. The van der Waals surface area contributed by atoms with Gasteiger partial charge in [-0.05, 0) is 24.3 Å². The highest BCUT2D eigenvalue weighted by molar-refractivity contribution is 6.30. The Balaban J connectivity index is 2.36. The Morgan fingerprint density at radius 3 is 2.53 bits per heavy atom. The minimum absolute atomic E-state index is 0.000614. The third-order valence-electron chi connectivity index (χ3n) is 2.08. The fraction of sp³-hybridized carbons (Fsp3) is 0. The van der Waals surface area contributed by atoms with Crippen LogP contribution in [0.15, 0.2) is 29.1 Å². The lowest BCUT2D eigenvalue weighted by atomic mass is 10.3. The number of nitrogen functional groups attached to an aromatic ring is 2. The lowest BCUT2D eigenvalue weighted by molar-refractivity contribution is 1.14. The summed E-state index contributed by atoms with van der Waals surface area (Å²) in [5, 5.41) is 3.50. The van der Waals surface area contributed by atoms with Crippen LogP contribution in [-0.2, 0) is 0 Å². The van der Waals surface area contributed by atoms with Gasteiger partial charge >= 0.3 is 0 Å². The van der Waals surface area contributed by atoms with Crippen molar-refractivity contribution in [3.63, 3.8) is 0 Å². The van der Waals surface area contributed by atoms with Crippen LogP contribution in [0.2, 0.25) is 5.02 Å². The molecule has 0 fully saturated rings. The molecule has 0 aliphatic carbocycles. The largest absolute Gasteiger partial charge is 0.391 e. The van der Waals surface area contributed by atoms with Crippen molar-refractivity contribution in [1.29, 1.82) is 0 Å². The van der Waals surface area contributed by atoms with Crippen LogP contribution in [0.4, 0.5) is 23.1 Å². The Labute approximate surface area is 102 Å². The predicted molar refractivity (Wildman–Crippen MR) is 68.4 cm³/mol. The van der Waals surface area contributed by atoms with Crippen molar-refractivity contribution in [3.05, 3.63) is 39.6 Å². The first-order chi connectivity index (χ1) is 8.06. The number of halogens is 1. The van der Waals surface area contributed by atoms with Gasteiger partial charge in [-0.3, -0.25) is 9.78 Å². The van der Waals surface area contributed by atoms with E-state index in [9.17, 15) is 4.79 Å². The summed E-state index contributed by atoms with van der Waals surface area (Å²) in [7, 11) is 0. The maximum atomic E-state index is 11.3. The maximum absolute atomic E-state index is 11.3. The van der Waals surface area contributed by atoms with Crippen molar-refractivity contribution >= 4 is 34.7 Å². The standard InChI is InChI=1S/C10H10ClN5O/c11-5-1-3-6(4-2-5)14-8-7(12)9(17)16-10(13)15-8/h1-4H,12H2,(H4,13,14,15,16,17). The molecule has 1 aromatic carbocycles. The van der Waals surface area contributed by atoms with Gasteiger partial charge in [-0.25, -0.2) is 0 Å². The van der Waals surface area contributed by atoms with Crippen molar-refractivity contribution < 1.29 is 0 Å². The molecule has 6 nitrogen and oxygen atoms in total. The second kappa shape index (κ2) is 4.34. The highest BCUT2D eigenvalue weighted by Gasteiger charge is 2.06. The highest BCUT2D eigenvalue weighted by Crippen LogP contribution is 2.20. The fourth-order valence-electron chi connectivity index (χ4n) is 1.27. The Hall–Kier alpha value is -2.21. The summed E-state index contributed by atoms with van der Waals surface area (Å²) in [6.07, 6.45) is 0. The molecule has 0 aliphatic rings. The number of hydrogen-bond acceptors (Lipinski definition) is 5. The molecule has 0 bridgehead atoms. The predicted octanol–water partition coefficient (Wildman–Crippen LogP) is 1.33. The molecule has 0 saturated carbocycles. The smallest absolute Gasteiger partial charge is 0.277 e. The number of aromatic amines is 1. The zero-order chi connectivity index (χ0) is 12.4. The molecule has 0 spiro atoms. The first-order valence-electron chi connectivity index (χ1n) is 4.74. The number of aromatic nitrogens is 2. The topological polar surface area (TPSA) is 110 Å². The molecule has 0 atom stereocenters. The summed E-state index contributed by atoms with van der Waals surface area (Å²) in [4.78, 5) is 17.5. The van der Waals surface area contributed by atoms with Gasteiger partial charge in [-0.15, -0.1) is 0 Å². The molecule has 6 N–H and O–H groups in total. The Bertz CT molecular complexity index is 593. The third kappa shape index (κ3) is 2.48. The number of nitrogens with zero attached hydrogens (tertiary/aromatic N) is 1. The van der Waals surface area contributed by atoms with E-state index in [1.54, 1.807) is 24.3 Å². The molecule has 0 amide bonds. The molecule has 2 aromatic rings. The highest BCUT2D eigenvalue weighted by atomic mass is 35.5. The van der Waals surface area contributed by atoms with E-state index in [-0.39, 0.29) is 17.5 Å². The molecule has 2 rings (SSSR count). The number of nitrogens with one attached hydrogen (secondary N) is 2. The summed E-state index contributed by atoms with van der Waals surface area (Å²) in [6.45, 7) is 0. The van der Waals surface area contributed by atoms with Crippen molar-refractivity contribution in [2.45, 2.75) is 0 Å². The van der Waals surface area contributed by atoms with Crippen LogP contribution in [0.25, 0.3) is 0 Å². The van der Waals surface area contributed by atoms with Crippen LogP contribution in [0.1, 0.15) is 0 Å². The van der Waals surface area contributed by atoms with Gasteiger partial charge in [0.15, 0.2) is 5.82 Å². The molecule has 1 heterocycles. The van der Waals surface area contributed by atoms with E-state index in [4.69, 9.17) is 23.1 Å². The molecule has 0 aliphatic heterocycles. The summed E-state index contributed by atoms with van der Waals surface area (Å²) < 4.78 is 0. The van der Waals surface area contributed by atoms with E-state index >= 15 is 0 Å². The summed E-state index contributed by atoms with van der Waals surface area (Å²) in [6, 6.07) is 6.88. The van der Waals surface area contributed by atoms with Gasteiger partial charge in [0.25, 0.3) is 5.56 Å². The molecule has 1 aromatic heterocycles. The van der Waals surface area contributed by atoms with E-state index in [0.29, 0.717) is 10.7 Å². The lowest BCUT2D eigenvalue weighted by Crippen LogP contribution is -2.17. The van der Waals surface area contributed by atoms with Gasteiger partial charge in [0.2, 0.25) is 5.95 Å². The van der Waals surface area contributed by atoms with Gasteiger partial charge in [-0.1, -0.05) is 11.6 Å². The van der Waals surface area contributed by atoms with Crippen molar-refractivity contribution in [2.24, 2.45) is 0 Å². The number of hydrogen-bond donors (Lipinski definition) is 4. The molecule has 0 saturated heterocycles. The first-order valence-corrected chi connectivity index (χ1v) is 5.12. The van der Waals surface area contributed by atoms with Gasteiger partial charge < -0.3 is 16.8 Å². The van der Waals surface area contributed by atoms with Crippen LogP contribution in [0.5, 0.6) is 0 Å². The van der Waals surface area contributed by atoms with Crippen LogP contribution in [-0.4, -0.2) is 9.97 Å². The van der Waals surface area contributed by atoms with Gasteiger partial charge in [0, 0.05) is 10.7 Å². The number of H-pyrrole nitrogens is 1. The van der Waals surface area contributed by atoms with Gasteiger partial charge in [0.1, 0.15) is 5.69 Å². The fourth-order valence-corrected chi connectivity index (χ4v) is 1.39. The Morgan fingerprint density at radius 2 is 1.88 bits per heavy atom. The van der Waals surface area contributed by atoms with E-state index in [1.165, 1.54) is 0 Å². The minimum atomic E-state index is -0.478. The zero-order valence-electron chi connectivity index (χ0n) is 8.70. The summed E-state index contributed by atoms with van der Waals surface area (Å²) in [5.41, 5.74) is 11.2. The number of rotatable bonds is 2. The SMILES string of the molecule is Nc1nc(Nc2ccc(Cl)cc2)c(N)c(=O)[nH]1. The van der Waals surface area contributed by atoms with E-state index in [1.807, 2.05) is 0 Å². The molecule has 0 unspecified atom stereocenters. The quantitative estimate of drug-likeness (QED) is 0.644. The van der Waals surface area contributed by atoms with Crippen molar-refractivity contribution in [3.8, 4) is 0 Å². The monoisotopic (exact) mass is 251 g/mol. The average molecular weight is 252 g/mol. The van der Waals surface area contributed by atoms with Crippen LogP contribution in [0, 0.1) is 0 Å². The van der Waals surface area contributed by atoms with Gasteiger partial charge in [0.05, 0.1) is 0 Å². The van der Waals surface area contributed by atoms with Crippen molar-refractivity contribution in [1.82, 2.24) is 9.97 Å². The van der Waals surface area contributed by atoms with Crippen LogP contribution >= 0.6 is 11.6 Å².